The van der Waals surface area contributed by atoms with Gasteiger partial charge in [-0.3, -0.25) is 4.99 Å². The van der Waals surface area contributed by atoms with Crippen molar-refractivity contribution in [2.75, 3.05) is 5.75 Å². The van der Waals surface area contributed by atoms with Crippen molar-refractivity contribution in [3.8, 4) is 0 Å². The number of thioether (sulfide) groups is 1. The van der Waals surface area contributed by atoms with Gasteiger partial charge in [0.05, 0.1) is 0 Å². The maximum Gasteiger partial charge on any atom is 0.142 e. The van der Waals surface area contributed by atoms with E-state index < -0.39 is 0 Å². The van der Waals surface area contributed by atoms with Gasteiger partial charge in [-0.25, -0.2) is 4.98 Å². The molecule has 0 fully saturated rings. The summed E-state index contributed by atoms with van der Waals surface area (Å²) < 4.78 is 0. The minimum atomic E-state index is 0.981. The van der Waals surface area contributed by atoms with Gasteiger partial charge < -0.3 is 0 Å². The summed E-state index contributed by atoms with van der Waals surface area (Å²) >= 11 is 3.38. The summed E-state index contributed by atoms with van der Waals surface area (Å²) in [5.74, 6) is 0.981. The van der Waals surface area contributed by atoms with Crippen LogP contribution in [0.1, 0.15) is 5.01 Å². The summed E-state index contributed by atoms with van der Waals surface area (Å²) in [6, 6.07) is 0. The highest BCUT2D eigenvalue weighted by Crippen LogP contribution is 2.23. The molecule has 0 spiro atoms. The first-order valence-corrected chi connectivity index (χ1v) is 5.14. The molecule has 2 nitrogen and oxygen atoms in total. The highest BCUT2D eigenvalue weighted by molar-refractivity contribution is 8.02. The first kappa shape index (κ1) is 7.06. The molecule has 1 aliphatic rings. The molecular weight excluding hydrogens is 176 g/mol. The average Bonchev–Trinajstić information content (AvgIpc) is 2.58. The lowest BCUT2D eigenvalue weighted by Crippen LogP contribution is -1.87. The fourth-order valence-electron chi connectivity index (χ4n) is 0.792. The van der Waals surface area contributed by atoms with Crippen LogP contribution in [0.5, 0.6) is 0 Å². The van der Waals surface area contributed by atoms with Crippen LogP contribution < -0.4 is 0 Å². The van der Waals surface area contributed by atoms with Gasteiger partial charge in [-0.05, 0) is 0 Å². The molecule has 0 aromatic carbocycles. The molecule has 0 N–H and O–H groups in total. The number of hydrogen-bond donors (Lipinski definition) is 0. The van der Waals surface area contributed by atoms with Crippen molar-refractivity contribution in [3.05, 3.63) is 22.0 Å². The molecule has 0 aliphatic carbocycles. The zero-order chi connectivity index (χ0) is 7.52. The van der Waals surface area contributed by atoms with Crippen molar-refractivity contribution < 1.29 is 0 Å². The first-order valence-electron chi connectivity index (χ1n) is 3.21. The van der Waals surface area contributed by atoms with Gasteiger partial charge in [0.2, 0.25) is 0 Å². The van der Waals surface area contributed by atoms with E-state index in [-0.39, 0.29) is 0 Å². The molecule has 0 saturated carbocycles. The Bertz CT molecular complexity index is 287. The lowest BCUT2D eigenvalue weighted by atomic mass is 10.5. The van der Waals surface area contributed by atoms with E-state index in [1.807, 2.05) is 11.6 Å². The minimum absolute atomic E-state index is 0.981. The molecule has 0 amide bonds. The standard InChI is InChI=1S/C7H6N2S2/c1-3-10-5-6(8-1)7-9-2-4-11-7/h1-2,4-5H,3H2. The minimum Gasteiger partial charge on any atom is -0.257 e. The van der Waals surface area contributed by atoms with Gasteiger partial charge in [0.25, 0.3) is 0 Å². The largest absolute Gasteiger partial charge is 0.257 e. The van der Waals surface area contributed by atoms with Crippen LogP contribution in [0.3, 0.4) is 0 Å². The predicted octanol–water partition coefficient (Wildman–Crippen LogP) is 2.26. The van der Waals surface area contributed by atoms with Crippen molar-refractivity contribution in [2.24, 2.45) is 4.99 Å². The first-order chi connectivity index (χ1) is 5.47. The Hall–Kier alpha value is -0.610. The van der Waals surface area contributed by atoms with Crippen molar-refractivity contribution in [2.45, 2.75) is 0 Å². The van der Waals surface area contributed by atoms with Gasteiger partial charge in [-0.2, -0.15) is 0 Å². The number of hydrogen-bond acceptors (Lipinski definition) is 4. The normalized spacial score (nSPS) is 16.5. The monoisotopic (exact) mass is 182 g/mol. The van der Waals surface area contributed by atoms with Crippen LogP contribution in [-0.2, 0) is 0 Å². The average molecular weight is 182 g/mol. The van der Waals surface area contributed by atoms with E-state index in [9.17, 15) is 0 Å². The van der Waals surface area contributed by atoms with Gasteiger partial charge >= 0.3 is 0 Å². The van der Waals surface area contributed by atoms with Crippen LogP contribution in [0.4, 0.5) is 0 Å². The Morgan fingerprint density at radius 2 is 2.45 bits per heavy atom. The summed E-state index contributed by atoms with van der Waals surface area (Å²) in [4.78, 5) is 8.40. The van der Waals surface area contributed by atoms with Gasteiger partial charge in [0.1, 0.15) is 10.7 Å². The summed E-state index contributed by atoms with van der Waals surface area (Å²) in [5.41, 5.74) is 0.997. The maximum absolute atomic E-state index is 4.24. The number of rotatable bonds is 1. The van der Waals surface area contributed by atoms with Crippen LogP contribution in [0.25, 0.3) is 5.70 Å². The zero-order valence-corrected chi connectivity index (χ0v) is 7.36. The Morgan fingerprint density at radius 1 is 1.45 bits per heavy atom. The van der Waals surface area contributed by atoms with Crippen LogP contribution in [0.2, 0.25) is 0 Å². The topological polar surface area (TPSA) is 25.2 Å². The smallest absolute Gasteiger partial charge is 0.142 e. The molecule has 56 valence electrons. The molecule has 1 aliphatic heterocycles. The Labute approximate surface area is 73.1 Å². The summed E-state index contributed by atoms with van der Waals surface area (Å²) in [5, 5.41) is 5.03. The highest BCUT2D eigenvalue weighted by Gasteiger charge is 2.03. The molecule has 2 rings (SSSR count). The molecule has 0 atom stereocenters. The van der Waals surface area contributed by atoms with Crippen molar-refractivity contribution in [3.63, 3.8) is 0 Å². The van der Waals surface area contributed by atoms with E-state index in [2.05, 4.69) is 15.4 Å². The third kappa shape index (κ3) is 1.52. The lowest BCUT2D eigenvalue weighted by molar-refractivity contribution is 1.35. The number of aromatic nitrogens is 1. The van der Waals surface area contributed by atoms with Gasteiger partial charge in [-0.1, -0.05) is 0 Å². The molecular formula is C7H6N2S2. The fourth-order valence-corrected chi connectivity index (χ4v) is 2.06. The third-order valence-electron chi connectivity index (χ3n) is 1.25. The summed E-state index contributed by atoms with van der Waals surface area (Å²) in [6.45, 7) is 0. The molecule has 0 bridgehead atoms. The molecule has 1 aromatic heterocycles. The Kier molecular flexibility index (Phi) is 2.05. The van der Waals surface area contributed by atoms with Crippen LogP contribution >= 0.6 is 23.1 Å². The number of thiazole rings is 1. The molecule has 11 heavy (non-hydrogen) atoms. The second kappa shape index (κ2) is 3.19. The molecule has 2 heterocycles. The van der Waals surface area contributed by atoms with Crippen molar-refractivity contribution in [1.29, 1.82) is 0 Å². The molecule has 0 radical (unpaired) electrons. The predicted molar refractivity (Wildman–Crippen MR) is 51.0 cm³/mol. The maximum atomic E-state index is 4.24. The SMILES string of the molecule is C1=NC(c2nccs2)=CSC1. The third-order valence-corrected chi connectivity index (χ3v) is 2.77. The number of aliphatic imine (C=N–C) groups is 1. The second-order valence-electron chi connectivity index (χ2n) is 1.99. The number of nitrogens with zero attached hydrogens (tertiary/aromatic N) is 2. The van der Waals surface area contributed by atoms with E-state index in [1.165, 1.54) is 0 Å². The summed E-state index contributed by atoms with van der Waals surface area (Å²) in [7, 11) is 0. The second-order valence-corrected chi connectivity index (χ2v) is 3.78. The highest BCUT2D eigenvalue weighted by atomic mass is 32.2. The van der Waals surface area contributed by atoms with Crippen LogP contribution in [0, 0.1) is 0 Å². The quantitative estimate of drug-likeness (QED) is 0.665. The lowest BCUT2D eigenvalue weighted by Gasteiger charge is -2.00. The van der Waals surface area contributed by atoms with E-state index in [0.717, 1.165) is 16.5 Å². The van der Waals surface area contributed by atoms with Gasteiger partial charge in [-0.15, -0.1) is 23.1 Å². The van der Waals surface area contributed by atoms with Crippen molar-refractivity contribution in [1.82, 2.24) is 4.98 Å². The molecule has 0 saturated heterocycles. The molecule has 4 heteroatoms. The zero-order valence-electron chi connectivity index (χ0n) is 5.73. The van der Waals surface area contributed by atoms with Crippen LogP contribution in [0.15, 0.2) is 22.0 Å². The Morgan fingerprint density at radius 3 is 3.09 bits per heavy atom. The van der Waals surface area contributed by atoms with Gasteiger partial charge in [0.15, 0.2) is 0 Å². The molecule has 1 aromatic rings. The van der Waals surface area contributed by atoms with E-state index in [1.54, 1.807) is 29.3 Å². The summed E-state index contributed by atoms with van der Waals surface area (Å²) in [6.07, 6.45) is 3.72. The van der Waals surface area contributed by atoms with E-state index >= 15 is 0 Å². The van der Waals surface area contributed by atoms with Crippen molar-refractivity contribution >= 4 is 35.0 Å². The fraction of sp³-hybridized carbons (Fsp3) is 0.143. The van der Waals surface area contributed by atoms with E-state index in [4.69, 9.17) is 0 Å². The van der Waals surface area contributed by atoms with Gasteiger partial charge in [0, 0.05) is 29.0 Å². The molecule has 0 unspecified atom stereocenters. The Balaban J connectivity index is 2.29. The van der Waals surface area contributed by atoms with E-state index in [0.29, 0.717) is 0 Å². The van der Waals surface area contributed by atoms with Crippen LogP contribution in [-0.4, -0.2) is 17.0 Å².